The number of aromatic hydroxyl groups is 2. The lowest BCUT2D eigenvalue weighted by Gasteiger charge is -2.49. The Morgan fingerprint density at radius 2 is 1.92 bits per heavy atom. The van der Waals surface area contributed by atoms with Crippen molar-refractivity contribution in [3.8, 4) is 11.5 Å². The van der Waals surface area contributed by atoms with Crippen LogP contribution in [0.2, 0.25) is 5.02 Å². The summed E-state index contributed by atoms with van der Waals surface area (Å²) < 4.78 is 0.330. The number of thiazole rings is 1. The Kier molecular flexibility index (Phi) is 12.6. The predicted molar refractivity (Wildman–Crippen MR) is 194 cm³/mol. The number of hydrogen-bond donors (Lipinski definition) is 7. The number of oxime groups is 1. The molecule has 8 N–H and O–H groups in total. The first kappa shape index (κ1) is 38.5. The molecule has 16 nitrogen and oxygen atoms in total. The summed E-state index contributed by atoms with van der Waals surface area (Å²) >= 11 is 12.8. The molecule has 0 spiro atoms. The normalized spacial score (nSPS) is 19.9. The fourth-order valence-electron chi connectivity index (χ4n) is 5.80. The van der Waals surface area contributed by atoms with Crippen LogP contribution in [0.25, 0.3) is 0 Å². The van der Waals surface area contributed by atoms with Gasteiger partial charge in [-0.1, -0.05) is 47.4 Å². The van der Waals surface area contributed by atoms with Crippen molar-refractivity contribution in [2.45, 2.75) is 49.6 Å². The van der Waals surface area contributed by atoms with Crippen LogP contribution >= 0.6 is 62.4 Å². The van der Waals surface area contributed by atoms with Gasteiger partial charge in [0.15, 0.2) is 22.3 Å². The highest BCUT2D eigenvalue weighted by Gasteiger charge is 2.54. The van der Waals surface area contributed by atoms with Crippen LogP contribution < -0.4 is 16.4 Å². The maximum absolute atomic E-state index is 13.6. The lowest BCUT2D eigenvalue weighted by atomic mass is 9.85. The number of nitrogen functional groups attached to an aromatic ring is 1. The SMILES string of the molecule is Nc1nc(/C(=N/OC(C(=O)O)C2CCCCC2)C(=O)N[C@@H]2C(=O)N3C(C(=O)O)=C(CSCCNC(=O)c4ccc(O)c(O)c4Cl)CS[C@H]23)c(Br)s1. The number of nitrogens with one attached hydrogen (secondary N) is 2. The van der Waals surface area contributed by atoms with Gasteiger partial charge in [-0.05, 0) is 46.5 Å². The van der Waals surface area contributed by atoms with E-state index in [0.717, 1.165) is 41.6 Å². The molecular weight excluding hydrogens is 816 g/mol. The van der Waals surface area contributed by atoms with Crippen LogP contribution in [0.3, 0.4) is 0 Å². The fraction of sp³-hybridized carbons (Fsp3) is 0.433. The standard InChI is InChI=1S/C30H32BrClN6O10S3/c31-23-17(36-30(33)51-23)18(37-48-22(29(46)47)12-4-2-1-3-5-12)25(42)35-19-26(43)38-20(28(44)45)13(11-50-27(19)38)10-49-9-8-34-24(41)14-6-7-15(39)21(40)16(14)32/h6-7,12,19,22,27,39-40H,1-5,8-11H2,(H2,33,36)(H,34,41)(H,35,42)(H,44,45)(H,46,47)/b37-18-/t19-,22?,27-/m1/s1. The number of phenols is 2. The Hall–Kier alpha value is -3.72. The number of benzene rings is 1. The average molecular weight is 848 g/mol. The van der Waals surface area contributed by atoms with Gasteiger partial charge in [0.1, 0.15) is 26.6 Å². The molecule has 1 aromatic heterocycles. The lowest BCUT2D eigenvalue weighted by Crippen LogP contribution is -2.71. The number of nitrogens with two attached hydrogens (primary N) is 1. The van der Waals surface area contributed by atoms with E-state index in [-0.39, 0.29) is 51.1 Å². The molecule has 1 aliphatic carbocycles. The van der Waals surface area contributed by atoms with E-state index in [0.29, 0.717) is 28.0 Å². The minimum Gasteiger partial charge on any atom is -0.504 e. The smallest absolute Gasteiger partial charge is 0.352 e. The molecule has 51 heavy (non-hydrogen) atoms. The number of halogens is 2. The van der Waals surface area contributed by atoms with Crippen molar-refractivity contribution in [3.63, 3.8) is 0 Å². The third kappa shape index (κ3) is 8.51. The highest BCUT2D eigenvalue weighted by Crippen LogP contribution is 2.41. The number of amides is 3. The third-order valence-corrected chi connectivity index (χ3v) is 12.6. The molecule has 1 aromatic carbocycles. The van der Waals surface area contributed by atoms with Crippen LogP contribution in [0.4, 0.5) is 5.13 Å². The van der Waals surface area contributed by atoms with Crippen LogP contribution in [0.5, 0.6) is 11.5 Å². The van der Waals surface area contributed by atoms with E-state index >= 15 is 0 Å². The molecule has 3 amide bonds. The molecule has 3 heterocycles. The maximum atomic E-state index is 13.6. The predicted octanol–water partition coefficient (Wildman–Crippen LogP) is 3.21. The van der Waals surface area contributed by atoms with Crippen LogP contribution in [0, 0.1) is 5.92 Å². The highest BCUT2D eigenvalue weighted by molar-refractivity contribution is 9.11. The first-order chi connectivity index (χ1) is 24.3. The van der Waals surface area contributed by atoms with E-state index in [9.17, 15) is 44.4 Å². The lowest BCUT2D eigenvalue weighted by molar-refractivity contribution is -0.155. The third-order valence-electron chi connectivity index (χ3n) is 8.30. The molecule has 0 radical (unpaired) electrons. The van der Waals surface area contributed by atoms with Gasteiger partial charge in [0.05, 0.1) is 10.6 Å². The Morgan fingerprint density at radius 1 is 1.20 bits per heavy atom. The number of aliphatic carboxylic acids is 2. The molecule has 1 saturated carbocycles. The molecule has 2 aromatic rings. The zero-order chi connectivity index (χ0) is 37.0. The maximum Gasteiger partial charge on any atom is 0.352 e. The largest absolute Gasteiger partial charge is 0.504 e. The molecule has 21 heteroatoms. The molecule has 5 rings (SSSR count). The van der Waals surface area contributed by atoms with Crippen molar-refractivity contribution in [1.29, 1.82) is 0 Å². The number of rotatable bonds is 14. The number of phenolic OH excluding ortho intramolecular Hbond substituents is 2. The second-order valence-corrected chi connectivity index (χ2v) is 16.5. The number of nitrogens with zero attached hydrogens (tertiary/aromatic N) is 3. The second kappa shape index (κ2) is 16.7. The van der Waals surface area contributed by atoms with E-state index in [1.165, 1.54) is 29.6 Å². The summed E-state index contributed by atoms with van der Waals surface area (Å²) in [7, 11) is 0. The summed E-state index contributed by atoms with van der Waals surface area (Å²) in [6.07, 6.45) is 2.64. The average Bonchev–Trinajstić information content (AvgIpc) is 3.43. The highest BCUT2D eigenvalue weighted by atomic mass is 79.9. The van der Waals surface area contributed by atoms with Gasteiger partial charge in [0.2, 0.25) is 6.10 Å². The minimum atomic E-state index is -1.32. The van der Waals surface area contributed by atoms with Crippen LogP contribution in [-0.4, -0.2) is 107 Å². The quantitative estimate of drug-likeness (QED) is 0.0474. The van der Waals surface area contributed by atoms with Crippen molar-refractivity contribution in [2.24, 2.45) is 11.1 Å². The van der Waals surface area contributed by atoms with E-state index in [4.69, 9.17) is 22.2 Å². The van der Waals surface area contributed by atoms with Crippen molar-refractivity contribution in [2.75, 3.05) is 29.5 Å². The van der Waals surface area contributed by atoms with Gasteiger partial charge in [-0.2, -0.15) is 11.8 Å². The molecule has 2 aliphatic heterocycles. The summed E-state index contributed by atoms with van der Waals surface area (Å²) in [5.41, 5.74) is 5.69. The summed E-state index contributed by atoms with van der Waals surface area (Å²) in [6, 6.07) is 1.28. The summed E-state index contributed by atoms with van der Waals surface area (Å²) in [6.45, 7) is 0.173. The molecular formula is C30H32BrClN6O10S3. The zero-order valence-corrected chi connectivity index (χ0v) is 31.3. The van der Waals surface area contributed by atoms with Gasteiger partial charge in [-0.3, -0.25) is 19.3 Å². The van der Waals surface area contributed by atoms with Crippen LogP contribution in [0.15, 0.2) is 32.3 Å². The number of fused-ring (bicyclic) bond motifs is 1. The number of carboxylic acid groups (broad SMARTS) is 2. The van der Waals surface area contributed by atoms with Crippen molar-refractivity contribution in [1.82, 2.24) is 20.5 Å². The van der Waals surface area contributed by atoms with Crippen LogP contribution in [-0.2, 0) is 24.0 Å². The number of β-lactam (4-membered cyclic amide) rings is 1. The number of carboxylic acids is 2. The minimum absolute atomic E-state index is 0.00589. The molecule has 3 atom stereocenters. The van der Waals surface area contributed by atoms with Gasteiger partial charge in [-0.15, -0.1) is 11.8 Å². The van der Waals surface area contributed by atoms with E-state index in [1.54, 1.807) is 0 Å². The number of carbonyl (C=O) groups excluding carboxylic acids is 3. The summed E-state index contributed by atoms with van der Waals surface area (Å²) in [4.78, 5) is 74.6. The van der Waals surface area contributed by atoms with E-state index in [2.05, 4.69) is 36.7 Å². The summed E-state index contributed by atoms with van der Waals surface area (Å²) in [5.74, 6) is -5.20. The second-order valence-electron chi connectivity index (χ2n) is 11.6. The van der Waals surface area contributed by atoms with Gasteiger partial charge in [-0.25, -0.2) is 14.6 Å². The monoisotopic (exact) mass is 846 g/mol. The first-order valence-electron chi connectivity index (χ1n) is 15.5. The zero-order valence-electron chi connectivity index (χ0n) is 26.5. The molecule has 3 aliphatic rings. The number of hydrogen-bond acceptors (Lipinski definition) is 14. The fourth-order valence-corrected chi connectivity index (χ4v) is 9.73. The number of anilines is 1. The molecule has 1 unspecified atom stereocenters. The van der Waals surface area contributed by atoms with Crippen molar-refractivity contribution in [3.05, 3.63) is 43.5 Å². The van der Waals surface area contributed by atoms with Crippen LogP contribution in [0.1, 0.15) is 48.2 Å². The topological polar surface area (TPSA) is 254 Å². The van der Waals surface area contributed by atoms with Gasteiger partial charge >= 0.3 is 11.9 Å². The Bertz CT molecular complexity index is 1800. The van der Waals surface area contributed by atoms with Gasteiger partial charge in [0, 0.05) is 29.7 Å². The molecule has 274 valence electrons. The van der Waals surface area contributed by atoms with Gasteiger partial charge < -0.3 is 41.6 Å². The Labute approximate surface area is 316 Å². The van der Waals surface area contributed by atoms with Gasteiger partial charge in [0.25, 0.3) is 17.7 Å². The van der Waals surface area contributed by atoms with E-state index in [1.807, 2.05) is 0 Å². The Balaban J connectivity index is 1.23. The number of aromatic nitrogens is 1. The number of carbonyl (C=O) groups is 5. The number of thioether (sulfide) groups is 2. The van der Waals surface area contributed by atoms with E-state index < -0.39 is 64.4 Å². The summed E-state index contributed by atoms with van der Waals surface area (Å²) in [5, 5.41) is 47.4. The molecule has 2 fully saturated rings. The molecule has 1 saturated heterocycles. The van der Waals surface area contributed by atoms with Crippen molar-refractivity contribution < 1.29 is 49.2 Å². The molecule has 0 bridgehead atoms. The first-order valence-corrected chi connectivity index (χ1v) is 19.6. The Morgan fingerprint density at radius 3 is 2.57 bits per heavy atom. The van der Waals surface area contributed by atoms with Crippen molar-refractivity contribution >= 4 is 103 Å².